The van der Waals surface area contributed by atoms with Crippen molar-refractivity contribution in [3.8, 4) is 0 Å². The van der Waals surface area contributed by atoms with Crippen molar-refractivity contribution in [3.63, 3.8) is 0 Å². The Morgan fingerprint density at radius 3 is 2.14 bits per heavy atom. The summed E-state index contributed by atoms with van der Waals surface area (Å²) in [5, 5.41) is 2.01. The third-order valence-electron chi connectivity index (χ3n) is 3.63. The summed E-state index contributed by atoms with van der Waals surface area (Å²) in [5.74, 6) is -5.98. The number of halogens is 6. The first-order valence-corrected chi connectivity index (χ1v) is 9.15. The predicted molar refractivity (Wildman–Crippen MR) is 91.0 cm³/mol. The fourth-order valence-corrected chi connectivity index (χ4v) is 3.49. The van der Waals surface area contributed by atoms with Gasteiger partial charge in [0.2, 0.25) is 10.0 Å². The number of alkyl halides is 3. The first-order valence-electron chi connectivity index (χ1n) is 7.67. The van der Waals surface area contributed by atoms with Gasteiger partial charge in [0.15, 0.2) is 17.5 Å². The Kier molecular flexibility index (Phi) is 6.13. The minimum absolute atomic E-state index is 0.399. The van der Waals surface area contributed by atoms with Crippen molar-refractivity contribution in [2.45, 2.75) is 24.0 Å². The van der Waals surface area contributed by atoms with E-state index in [0.29, 0.717) is 25.1 Å². The molecule has 0 aliphatic carbocycles. The van der Waals surface area contributed by atoms with Gasteiger partial charge in [0.25, 0.3) is 5.91 Å². The van der Waals surface area contributed by atoms with Crippen molar-refractivity contribution >= 4 is 27.3 Å². The Balaban J connectivity index is 2.34. The van der Waals surface area contributed by atoms with Crippen molar-refractivity contribution in [1.82, 2.24) is 4.72 Å². The molecule has 0 aliphatic rings. The third-order valence-corrected chi connectivity index (χ3v) is 5.23. The highest BCUT2D eigenvalue weighted by molar-refractivity contribution is 7.89. The van der Waals surface area contributed by atoms with Gasteiger partial charge in [-0.05, 0) is 25.1 Å². The van der Waals surface area contributed by atoms with Crippen LogP contribution < -0.4 is 15.8 Å². The van der Waals surface area contributed by atoms with E-state index in [4.69, 9.17) is 5.73 Å². The van der Waals surface area contributed by atoms with Crippen LogP contribution >= 0.6 is 0 Å². The maximum atomic E-state index is 13.2. The van der Waals surface area contributed by atoms with Crippen LogP contribution in [-0.4, -0.2) is 26.5 Å². The minimum Gasteiger partial charge on any atom is -0.398 e. The van der Waals surface area contributed by atoms with E-state index < -0.39 is 67.4 Å². The SMILES string of the molecule is C[C@@H](NS(=O)(=O)c1cc(C(=O)Nc2cc(F)c(F)c(F)c2)ccc1N)C(F)(F)F. The van der Waals surface area contributed by atoms with Crippen molar-refractivity contribution < 1.29 is 39.6 Å². The molecule has 0 aliphatic heterocycles. The van der Waals surface area contributed by atoms with Gasteiger partial charge in [-0.3, -0.25) is 4.79 Å². The van der Waals surface area contributed by atoms with Crippen molar-refractivity contribution in [1.29, 1.82) is 0 Å². The van der Waals surface area contributed by atoms with E-state index >= 15 is 0 Å². The Hall–Kier alpha value is -2.80. The lowest BCUT2D eigenvalue weighted by atomic mass is 10.2. The molecule has 29 heavy (non-hydrogen) atoms. The molecule has 2 rings (SSSR count). The molecule has 0 spiro atoms. The molecule has 0 fully saturated rings. The van der Waals surface area contributed by atoms with Crippen LogP contribution in [0, 0.1) is 17.5 Å². The number of nitrogens with two attached hydrogens (primary N) is 1. The predicted octanol–water partition coefficient (Wildman–Crippen LogP) is 3.17. The fourth-order valence-electron chi connectivity index (χ4n) is 2.10. The van der Waals surface area contributed by atoms with Gasteiger partial charge in [-0.25, -0.2) is 21.6 Å². The molecule has 0 unspecified atom stereocenters. The number of anilines is 2. The zero-order valence-electron chi connectivity index (χ0n) is 14.4. The smallest absolute Gasteiger partial charge is 0.398 e. The molecule has 2 aromatic carbocycles. The third kappa shape index (κ3) is 5.17. The number of rotatable bonds is 5. The van der Waals surface area contributed by atoms with Gasteiger partial charge >= 0.3 is 6.18 Å². The summed E-state index contributed by atoms with van der Waals surface area (Å²) < 4.78 is 103. The molecule has 0 radical (unpaired) electrons. The summed E-state index contributed by atoms with van der Waals surface area (Å²) >= 11 is 0. The Labute approximate surface area is 160 Å². The van der Waals surface area contributed by atoms with Crippen LogP contribution in [0.25, 0.3) is 0 Å². The quantitative estimate of drug-likeness (QED) is 0.377. The number of carbonyl (C=O) groups is 1. The van der Waals surface area contributed by atoms with Crippen LogP contribution in [0.15, 0.2) is 35.2 Å². The first kappa shape index (κ1) is 22.5. The highest BCUT2D eigenvalue weighted by atomic mass is 32.2. The molecule has 4 N–H and O–H groups in total. The van der Waals surface area contributed by atoms with E-state index in [9.17, 15) is 39.6 Å². The number of sulfonamides is 1. The van der Waals surface area contributed by atoms with Crippen LogP contribution in [0.1, 0.15) is 17.3 Å². The van der Waals surface area contributed by atoms with Gasteiger partial charge in [0, 0.05) is 23.4 Å². The van der Waals surface area contributed by atoms with Crippen molar-refractivity contribution in [3.05, 3.63) is 53.3 Å². The molecule has 0 saturated heterocycles. The number of nitrogens with one attached hydrogen (secondary N) is 2. The largest absolute Gasteiger partial charge is 0.404 e. The second-order valence-corrected chi connectivity index (χ2v) is 7.53. The highest BCUT2D eigenvalue weighted by Crippen LogP contribution is 2.25. The topological polar surface area (TPSA) is 101 Å². The zero-order valence-corrected chi connectivity index (χ0v) is 15.3. The lowest BCUT2D eigenvalue weighted by Crippen LogP contribution is -2.43. The summed E-state index contributed by atoms with van der Waals surface area (Å²) in [6.07, 6.45) is -4.87. The van der Waals surface area contributed by atoms with Crippen LogP contribution in [-0.2, 0) is 10.0 Å². The molecule has 0 aromatic heterocycles. The maximum Gasteiger partial charge on any atom is 0.404 e. The summed E-state index contributed by atoms with van der Waals surface area (Å²) in [6.45, 7) is 0.571. The zero-order chi connectivity index (χ0) is 22.1. The van der Waals surface area contributed by atoms with E-state index in [0.717, 1.165) is 12.1 Å². The average Bonchev–Trinajstić information content (AvgIpc) is 2.58. The van der Waals surface area contributed by atoms with Crippen LogP contribution in [0.4, 0.5) is 37.7 Å². The number of nitrogen functional groups attached to an aromatic ring is 1. The molecular weight excluding hydrogens is 428 g/mol. The lowest BCUT2D eigenvalue weighted by molar-refractivity contribution is -0.147. The van der Waals surface area contributed by atoms with E-state index in [1.54, 1.807) is 0 Å². The Morgan fingerprint density at radius 2 is 1.62 bits per heavy atom. The minimum atomic E-state index is -4.87. The van der Waals surface area contributed by atoms with E-state index in [1.807, 2.05) is 5.32 Å². The van der Waals surface area contributed by atoms with Gasteiger partial charge in [0.1, 0.15) is 10.9 Å². The highest BCUT2D eigenvalue weighted by Gasteiger charge is 2.39. The molecule has 0 saturated carbocycles. The standard InChI is InChI=1S/C16H13F6N3O3S/c1-7(16(20,21)22)25-29(27,28)13-4-8(2-3-12(13)23)15(26)24-9-5-10(17)14(19)11(18)6-9/h2-7,25H,23H2,1H3,(H,24,26)/t7-/m1/s1. The number of hydrogen-bond acceptors (Lipinski definition) is 4. The second kappa shape index (κ2) is 7.91. The molecule has 158 valence electrons. The lowest BCUT2D eigenvalue weighted by Gasteiger charge is -2.18. The van der Waals surface area contributed by atoms with Crippen molar-refractivity contribution in [2.75, 3.05) is 11.1 Å². The van der Waals surface area contributed by atoms with Crippen LogP contribution in [0.3, 0.4) is 0 Å². The second-order valence-electron chi connectivity index (χ2n) is 5.85. The summed E-state index contributed by atoms with van der Waals surface area (Å²) in [7, 11) is -4.77. The summed E-state index contributed by atoms with van der Waals surface area (Å²) in [5.41, 5.74) is 4.18. The van der Waals surface area contributed by atoms with Crippen molar-refractivity contribution in [2.24, 2.45) is 0 Å². The van der Waals surface area contributed by atoms with E-state index in [2.05, 4.69) is 0 Å². The van der Waals surface area contributed by atoms with E-state index in [-0.39, 0.29) is 0 Å². The molecule has 13 heteroatoms. The van der Waals surface area contributed by atoms with Gasteiger partial charge < -0.3 is 11.1 Å². The van der Waals surface area contributed by atoms with E-state index in [1.165, 1.54) is 4.72 Å². The number of benzene rings is 2. The Bertz CT molecular complexity index is 1030. The monoisotopic (exact) mass is 441 g/mol. The number of carbonyl (C=O) groups excluding carboxylic acids is 1. The molecule has 1 atom stereocenters. The summed E-state index contributed by atoms with van der Waals surface area (Å²) in [6, 6.07) is 1.21. The molecule has 2 aromatic rings. The molecule has 0 bridgehead atoms. The molecule has 1 amide bonds. The van der Waals surface area contributed by atoms with Crippen LogP contribution in [0.2, 0.25) is 0 Å². The van der Waals surface area contributed by atoms with Gasteiger partial charge in [-0.15, -0.1) is 0 Å². The Morgan fingerprint density at radius 1 is 1.07 bits per heavy atom. The van der Waals surface area contributed by atoms with Gasteiger partial charge in [-0.1, -0.05) is 0 Å². The maximum absolute atomic E-state index is 13.2. The molecule has 6 nitrogen and oxygen atoms in total. The number of hydrogen-bond donors (Lipinski definition) is 3. The number of amides is 1. The fraction of sp³-hybridized carbons (Fsp3) is 0.188. The molecular formula is C16H13F6N3O3S. The molecule has 0 heterocycles. The normalized spacial score (nSPS) is 13.2. The van der Waals surface area contributed by atoms with Crippen LogP contribution in [0.5, 0.6) is 0 Å². The summed E-state index contributed by atoms with van der Waals surface area (Å²) in [4.78, 5) is 11.4. The van der Waals surface area contributed by atoms with Gasteiger partial charge in [0.05, 0.1) is 5.69 Å². The van der Waals surface area contributed by atoms with Gasteiger partial charge in [-0.2, -0.15) is 17.9 Å². The first-order chi connectivity index (χ1) is 13.2. The average molecular weight is 441 g/mol.